The summed E-state index contributed by atoms with van der Waals surface area (Å²) in [7, 11) is 1.65. The predicted octanol–water partition coefficient (Wildman–Crippen LogP) is 2.07. The number of piperazine rings is 1. The standard InChI is InChI=1S/C22H35N5O3.HI/c1-4-23-22(24-15-17-6-9-19(29-3)20(14-17)30-5-2)27-12-10-26(11-13-27)16-21(28)25-18-7-8-18;/h6,9,14,18H,4-5,7-8,10-13,15-16H2,1-3H3,(H,23,24)(H,25,28);1H. The van der Waals surface area contributed by atoms with Crippen LogP contribution in [-0.4, -0.2) is 80.7 Å². The molecular weight excluding hydrogens is 509 g/mol. The van der Waals surface area contributed by atoms with E-state index in [2.05, 4.69) is 27.4 Å². The van der Waals surface area contributed by atoms with Crippen LogP contribution in [-0.2, 0) is 11.3 Å². The lowest BCUT2D eigenvalue weighted by Gasteiger charge is -2.36. The number of benzene rings is 1. The van der Waals surface area contributed by atoms with E-state index in [1.54, 1.807) is 7.11 Å². The Kier molecular flexibility index (Phi) is 10.7. The molecule has 2 N–H and O–H groups in total. The van der Waals surface area contributed by atoms with E-state index >= 15 is 0 Å². The van der Waals surface area contributed by atoms with Crippen LogP contribution < -0.4 is 20.1 Å². The number of guanidine groups is 1. The summed E-state index contributed by atoms with van der Waals surface area (Å²) in [6, 6.07) is 6.36. The van der Waals surface area contributed by atoms with Crippen LogP contribution in [0.15, 0.2) is 23.2 Å². The smallest absolute Gasteiger partial charge is 0.234 e. The fourth-order valence-electron chi connectivity index (χ4n) is 3.50. The summed E-state index contributed by atoms with van der Waals surface area (Å²) in [4.78, 5) is 21.4. The van der Waals surface area contributed by atoms with Crippen molar-refractivity contribution in [2.75, 3.05) is 53.0 Å². The van der Waals surface area contributed by atoms with Gasteiger partial charge < -0.3 is 25.0 Å². The zero-order valence-electron chi connectivity index (χ0n) is 18.9. The van der Waals surface area contributed by atoms with E-state index in [0.717, 1.165) is 68.6 Å². The molecule has 2 fully saturated rings. The van der Waals surface area contributed by atoms with Gasteiger partial charge in [-0.15, -0.1) is 24.0 Å². The quantitative estimate of drug-likeness (QED) is 0.281. The van der Waals surface area contributed by atoms with Gasteiger partial charge in [0.2, 0.25) is 5.91 Å². The molecule has 0 spiro atoms. The molecule has 3 rings (SSSR count). The Balaban J connectivity index is 0.00000341. The molecule has 0 atom stereocenters. The molecule has 1 aromatic carbocycles. The van der Waals surface area contributed by atoms with E-state index in [-0.39, 0.29) is 29.9 Å². The number of amides is 1. The Morgan fingerprint density at radius 1 is 1.16 bits per heavy atom. The fraction of sp³-hybridized carbons (Fsp3) is 0.636. The second kappa shape index (κ2) is 12.9. The summed E-state index contributed by atoms with van der Waals surface area (Å²) in [5.41, 5.74) is 1.07. The fourth-order valence-corrected chi connectivity index (χ4v) is 3.50. The summed E-state index contributed by atoms with van der Waals surface area (Å²) in [5, 5.41) is 6.46. The number of carbonyl (C=O) groups excluding carboxylic acids is 1. The topological polar surface area (TPSA) is 78.4 Å². The van der Waals surface area contributed by atoms with Crippen molar-refractivity contribution in [1.82, 2.24) is 20.4 Å². The highest BCUT2D eigenvalue weighted by molar-refractivity contribution is 14.0. The van der Waals surface area contributed by atoms with Gasteiger partial charge in [-0.2, -0.15) is 0 Å². The highest BCUT2D eigenvalue weighted by Crippen LogP contribution is 2.28. The molecular formula is C22H36IN5O3. The van der Waals surface area contributed by atoms with Crippen molar-refractivity contribution in [3.05, 3.63) is 23.8 Å². The van der Waals surface area contributed by atoms with E-state index in [4.69, 9.17) is 14.5 Å². The summed E-state index contributed by atoms with van der Waals surface area (Å²) < 4.78 is 11.0. The van der Waals surface area contributed by atoms with E-state index in [1.165, 1.54) is 0 Å². The van der Waals surface area contributed by atoms with Crippen LogP contribution in [0.2, 0.25) is 0 Å². The molecule has 2 aliphatic rings. The molecule has 31 heavy (non-hydrogen) atoms. The number of ether oxygens (including phenoxy) is 2. The van der Waals surface area contributed by atoms with Crippen LogP contribution in [0.4, 0.5) is 0 Å². The first-order valence-corrected chi connectivity index (χ1v) is 11.0. The Labute approximate surface area is 202 Å². The Bertz CT molecular complexity index is 734. The van der Waals surface area contributed by atoms with Crippen molar-refractivity contribution in [2.45, 2.75) is 39.3 Å². The maximum absolute atomic E-state index is 12.0. The molecule has 0 unspecified atom stereocenters. The Morgan fingerprint density at radius 2 is 1.90 bits per heavy atom. The second-order valence-corrected chi connectivity index (χ2v) is 7.69. The van der Waals surface area contributed by atoms with Gasteiger partial charge in [0.1, 0.15) is 0 Å². The van der Waals surface area contributed by atoms with Gasteiger partial charge in [0.15, 0.2) is 17.5 Å². The SMILES string of the molecule is CCNC(=NCc1ccc(OC)c(OCC)c1)N1CCN(CC(=O)NC2CC2)CC1.I. The lowest BCUT2D eigenvalue weighted by Crippen LogP contribution is -2.54. The number of methoxy groups -OCH3 is 1. The largest absolute Gasteiger partial charge is 0.493 e. The highest BCUT2D eigenvalue weighted by atomic mass is 127. The van der Waals surface area contributed by atoms with Crippen LogP contribution in [0, 0.1) is 0 Å². The predicted molar refractivity (Wildman–Crippen MR) is 134 cm³/mol. The number of hydrogen-bond donors (Lipinski definition) is 2. The first kappa shape index (κ1) is 25.5. The molecule has 8 nitrogen and oxygen atoms in total. The van der Waals surface area contributed by atoms with Gasteiger partial charge in [-0.25, -0.2) is 4.99 Å². The molecule has 1 saturated heterocycles. The van der Waals surface area contributed by atoms with Crippen LogP contribution >= 0.6 is 24.0 Å². The average molecular weight is 545 g/mol. The monoisotopic (exact) mass is 545 g/mol. The van der Waals surface area contributed by atoms with Gasteiger partial charge in [0, 0.05) is 38.8 Å². The number of hydrogen-bond acceptors (Lipinski definition) is 5. The molecule has 174 valence electrons. The van der Waals surface area contributed by atoms with Crippen LogP contribution in [0.3, 0.4) is 0 Å². The van der Waals surface area contributed by atoms with E-state index < -0.39 is 0 Å². The third-order valence-corrected chi connectivity index (χ3v) is 5.26. The Morgan fingerprint density at radius 3 is 2.52 bits per heavy atom. The molecule has 1 aliphatic carbocycles. The zero-order valence-corrected chi connectivity index (χ0v) is 21.2. The van der Waals surface area contributed by atoms with Gasteiger partial charge in [-0.05, 0) is 44.4 Å². The first-order chi connectivity index (χ1) is 14.6. The van der Waals surface area contributed by atoms with Gasteiger partial charge in [-0.3, -0.25) is 9.69 Å². The number of aliphatic imine (C=N–C) groups is 1. The average Bonchev–Trinajstić information content (AvgIpc) is 3.56. The summed E-state index contributed by atoms with van der Waals surface area (Å²) in [6.07, 6.45) is 2.25. The van der Waals surface area contributed by atoms with Crippen molar-refractivity contribution in [1.29, 1.82) is 0 Å². The highest BCUT2D eigenvalue weighted by Gasteiger charge is 2.25. The van der Waals surface area contributed by atoms with Gasteiger partial charge >= 0.3 is 0 Å². The molecule has 1 aliphatic heterocycles. The van der Waals surface area contributed by atoms with Crippen LogP contribution in [0.25, 0.3) is 0 Å². The van der Waals surface area contributed by atoms with E-state index in [9.17, 15) is 4.79 Å². The molecule has 1 aromatic rings. The van der Waals surface area contributed by atoms with E-state index in [1.807, 2.05) is 25.1 Å². The van der Waals surface area contributed by atoms with Crippen molar-refractivity contribution in [2.24, 2.45) is 4.99 Å². The third kappa shape index (κ3) is 8.03. The number of nitrogens with one attached hydrogen (secondary N) is 2. The molecule has 0 bridgehead atoms. The molecule has 0 aromatic heterocycles. The van der Waals surface area contributed by atoms with Crippen molar-refractivity contribution < 1.29 is 14.3 Å². The lowest BCUT2D eigenvalue weighted by atomic mass is 10.2. The minimum absolute atomic E-state index is 0. The van der Waals surface area contributed by atoms with Gasteiger partial charge in [0.25, 0.3) is 0 Å². The molecule has 1 saturated carbocycles. The van der Waals surface area contributed by atoms with E-state index in [0.29, 0.717) is 25.7 Å². The van der Waals surface area contributed by atoms with Crippen LogP contribution in [0.1, 0.15) is 32.3 Å². The molecule has 1 heterocycles. The normalized spacial score (nSPS) is 17.0. The van der Waals surface area contributed by atoms with Crippen molar-refractivity contribution in [3.63, 3.8) is 0 Å². The third-order valence-electron chi connectivity index (χ3n) is 5.26. The number of carbonyl (C=O) groups is 1. The number of halogens is 1. The minimum Gasteiger partial charge on any atom is -0.493 e. The first-order valence-electron chi connectivity index (χ1n) is 11.0. The van der Waals surface area contributed by atoms with Crippen molar-refractivity contribution >= 4 is 35.8 Å². The molecule has 0 radical (unpaired) electrons. The van der Waals surface area contributed by atoms with Crippen LogP contribution in [0.5, 0.6) is 11.5 Å². The summed E-state index contributed by atoms with van der Waals surface area (Å²) in [6.45, 7) is 9.94. The Hall–Kier alpha value is -1.75. The number of rotatable bonds is 9. The van der Waals surface area contributed by atoms with Gasteiger partial charge in [0.05, 0.1) is 26.8 Å². The van der Waals surface area contributed by atoms with Crippen molar-refractivity contribution in [3.8, 4) is 11.5 Å². The second-order valence-electron chi connectivity index (χ2n) is 7.69. The number of nitrogens with zero attached hydrogens (tertiary/aromatic N) is 3. The maximum Gasteiger partial charge on any atom is 0.234 e. The molecule has 9 heteroatoms. The minimum atomic E-state index is 0. The lowest BCUT2D eigenvalue weighted by molar-refractivity contribution is -0.122. The van der Waals surface area contributed by atoms with Gasteiger partial charge in [-0.1, -0.05) is 6.07 Å². The molecule has 1 amide bonds. The zero-order chi connectivity index (χ0) is 21.3. The maximum atomic E-state index is 12.0. The summed E-state index contributed by atoms with van der Waals surface area (Å²) >= 11 is 0. The summed E-state index contributed by atoms with van der Waals surface area (Å²) in [5.74, 6) is 2.54.